The van der Waals surface area contributed by atoms with Gasteiger partial charge in [0.05, 0.1) is 5.38 Å². The van der Waals surface area contributed by atoms with E-state index in [-0.39, 0.29) is 11.3 Å². The van der Waals surface area contributed by atoms with E-state index in [9.17, 15) is 4.79 Å². The molecule has 0 aromatic heterocycles. The molecule has 0 fully saturated rings. The fraction of sp³-hybridized carbons (Fsp3) is 0.188. The number of aryl methyl sites for hydroxylation is 1. The molecule has 5 heteroatoms. The van der Waals surface area contributed by atoms with Gasteiger partial charge in [0.1, 0.15) is 0 Å². The Labute approximate surface area is 141 Å². The van der Waals surface area contributed by atoms with Crippen LogP contribution in [0.3, 0.4) is 0 Å². The average Bonchev–Trinajstić information content (AvgIpc) is 2.46. The van der Waals surface area contributed by atoms with Crippen LogP contribution in [0, 0.1) is 0 Å². The molecule has 3 rings (SSSR count). The Morgan fingerprint density at radius 2 is 1.95 bits per heavy atom. The molecular weight excluding hydrogens is 373 g/mol. The van der Waals surface area contributed by atoms with Gasteiger partial charge in [-0.1, -0.05) is 45.7 Å². The fourth-order valence-corrected chi connectivity index (χ4v) is 3.61. The van der Waals surface area contributed by atoms with Crippen LogP contribution in [-0.4, -0.2) is 5.91 Å². The molecule has 0 bridgehead atoms. The average molecular weight is 385 g/mol. The van der Waals surface area contributed by atoms with E-state index in [0.29, 0.717) is 11.4 Å². The third-order valence-corrected chi connectivity index (χ3v) is 4.86. The zero-order chi connectivity index (χ0) is 15.0. The van der Waals surface area contributed by atoms with Crippen LogP contribution in [0.2, 0.25) is 5.02 Å². The number of amides is 1. The number of hydrogen-bond acceptors (Lipinski definition) is 1. The number of hydrogen-bond donors (Lipinski definition) is 1. The summed E-state index contributed by atoms with van der Waals surface area (Å²) < 4.78 is 0.924. The first-order chi connectivity index (χ1) is 10.0. The van der Waals surface area contributed by atoms with Crippen molar-refractivity contribution in [2.45, 2.75) is 18.2 Å². The van der Waals surface area contributed by atoms with Crippen molar-refractivity contribution >= 4 is 50.7 Å². The molecule has 1 atom stereocenters. The maximum atomic E-state index is 11.4. The Morgan fingerprint density at radius 3 is 2.71 bits per heavy atom. The Bertz CT molecular complexity index is 717. The van der Waals surface area contributed by atoms with Gasteiger partial charge in [-0.2, -0.15) is 0 Å². The van der Waals surface area contributed by atoms with E-state index >= 15 is 0 Å². The summed E-state index contributed by atoms with van der Waals surface area (Å²) in [5.74, 6) is 0.0635. The summed E-state index contributed by atoms with van der Waals surface area (Å²) in [6.07, 6.45) is 1.26. The van der Waals surface area contributed by atoms with Gasteiger partial charge in [-0.25, -0.2) is 0 Å². The second kappa shape index (κ2) is 5.99. The van der Waals surface area contributed by atoms with Crippen molar-refractivity contribution in [1.82, 2.24) is 0 Å². The number of carbonyl (C=O) groups is 1. The van der Waals surface area contributed by atoms with Gasteiger partial charge < -0.3 is 5.32 Å². The third kappa shape index (κ3) is 3.10. The van der Waals surface area contributed by atoms with Crippen molar-refractivity contribution in [3.8, 4) is 0 Å². The van der Waals surface area contributed by atoms with Crippen molar-refractivity contribution in [2.24, 2.45) is 0 Å². The summed E-state index contributed by atoms with van der Waals surface area (Å²) in [6, 6.07) is 11.6. The monoisotopic (exact) mass is 383 g/mol. The molecule has 21 heavy (non-hydrogen) atoms. The van der Waals surface area contributed by atoms with E-state index in [1.54, 1.807) is 0 Å². The lowest BCUT2D eigenvalue weighted by molar-refractivity contribution is -0.116. The Kier molecular flexibility index (Phi) is 4.25. The van der Waals surface area contributed by atoms with Crippen LogP contribution in [0.25, 0.3) is 0 Å². The minimum atomic E-state index is -0.312. The highest BCUT2D eigenvalue weighted by Crippen LogP contribution is 2.37. The van der Waals surface area contributed by atoms with Gasteiger partial charge in [-0.05, 0) is 41.3 Å². The zero-order valence-corrected chi connectivity index (χ0v) is 14.1. The van der Waals surface area contributed by atoms with E-state index in [4.69, 9.17) is 23.2 Å². The number of nitrogens with one attached hydrogen (secondary N) is 1. The molecule has 108 valence electrons. The summed E-state index contributed by atoms with van der Waals surface area (Å²) in [7, 11) is 0. The van der Waals surface area contributed by atoms with E-state index in [1.807, 2.05) is 36.4 Å². The smallest absolute Gasteiger partial charge is 0.224 e. The molecule has 2 aromatic carbocycles. The van der Waals surface area contributed by atoms with E-state index in [1.165, 1.54) is 0 Å². The molecule has 1 aliphatic heterocycles. The SMILES string of the molecule is O=C1CCc2cc(C(Cl)c3ccc(Br)cc3Cl)ccc2N1. The molecule has 1 heterocycles. The molecule has 0 aliphatic carbocycles. The lowest BCUT2D eigenvalue weighted by Crippen LogP contribution is -2.19. The molecule has 0 saturated heterocycles. The standard InChI is InChI=1S/C16H12BrCl2NO/c17-11-3-4-12(13(18)8-11)16(19)10-1-5-14-9(7-10)2-6-15(21)20-14/h1,3-5,7-8,16H,2,6H2,(H,20,21). The third-order valence-electron chi connectivity index (χ3n) is 3.55. The number of benzene rings is 2. The van der Waals surface area contributed by atoms with Crippen LogP contribution in [0.15, 0.2) is 40.9 Å². The van der Waals surface area contributed by atoms with Crippen LogP contribution >= 0.6 is 39.1 Å². The Morgan fingerprint density at radius 1 is 1.14 bits per heavy atom. The van der Waals surface area contributed by atoms with Gasteiger partial charge in [0, 0.05) is 21.6 Å². The van der Waals surface area contributed by atoms with Crippen LogP contribution in [-0.2, 0) is 11.2 Å². The summed E-state index contributed by atoms with van der Waals surface area (Å²) in [5, 5.41) is 3.19. The number of fused-ring (bicyclic) bond motifs is 1. The highest BCUT2D eigenvalue weighted by atomic mass is 79.9. The van der Waals surface area contributed by atoms with E-state index in [0.717, 1.165) is 33.3 Å². The first-order valence-corrected chi connectivity index (χ1v) is 8.17. The molecule has 1 N–H and O–H groups in total. The summed E-state index contributed by atoms with van der Waals surface area (Å²) >= 11 is 16.2. The van der Waals surface area contributed by atoms with Gasteiger partial charge in [-0.15, -0.1) is 11.6 Å². The number of anilines is 1. The molecule has 1 amide bonds. The molecular formula is C16H12BrCl2NO. The molecule has 2 aromatic rings. The molecule has 0 spiro atoms. The Balaban J connectivity index is 1.95. The first kappa shape index (κ1) is 14.9. The van der Waals surface area contributed by atoms with E-state index in [2.05, 4.69) is 21.2 Å². The normalized spacial score (nSPS) is 15.3. The predicted octanol–water partition coefficient (Wildman–Crippen LogP) is 5.32. The number of halogens is 3. The fourth-order valence-electron chi connectivity index (χ4n) is 2.45. The second-order valence-corrected chi connectivity index (χ2v) is 6.75. The minimum Gasteiger partial charge on any atom is -0.326 e. The molecule has 1 aliphatic rings. The van der Waals surface area contributed by atoms with Crippen LogP contribution in [0.5, 0.6) is 0 Å². The molecule has 1 unspecified atom stereocenters. The van der Waals surface area contributed by atoms with Gasteiger partial charge in [-0.3, -0.25) is 4.79 Å². The first-order valence-electron chi connectivity index (χ1n) is 6.56. The highest BCUT2D eigenvalue weighted by molar-refractivity contribution is 9.10. The van der Waals surface area contributed by atoms with Crippen molar-refractivity contribution < 1.29 is 4.79 Å². The van der Waals surface area contributed by atoms with Crippen LogP contribution in [0.4, 0.5) is 5.69 Å². The van der Waals surface area contributed by atoms with Crippen molar-refractivity contribution in [2.75, 3.05) is 5.32 Å². The zero-order valence-electron chi connectivity index (χ0n) is 11.0. The largest absolute Gasteiger partial charge is 0.326 e. The number of alkyl halides is 1. The number of carbonyl (C=O) groups excluding carboxylic acids is 1. The van der Waals surface area contributed by atoms with Gasteiger partial charge in [0.25, 0.3) is 0 Å². The van der Waals surface area contributed by atoms with Crippen molar-refractivity contribution in [3.63, 3.8) is 0 Å². The van der Waals surface area contributed by atoms with Gasteiger partial charge >= 0.3 is 0 Å². The molecule has 2 nitrogen and oxygen atoms in total. The highest BCUT2D eigenvalue weighted by Gasteiger charge is 2.19. The predicted molar refractivity (Wildman–Crippen MR) is 90.2 cm³/mol. The summed E-state index contributed by atoms with van der Waals surface area (Å²) in [4.78, 5) is 11.4. The molecule has 0 saturated carbocycles. The lowest BCUT2D eigenvalue weighted by Gasteiger charge is -2.19. The summed E-state index contributed by atoms with van der Waals surface area (Å²) in [6.45, 7) is 0. The van der Waals surface area contributed by atoms with Crippen LogP contribution in [0.1, 0.15) is 28.5 Å². The van der Waals surface area contributed by atoms with Gasteiger partial charge in [0.15, 0.2) is 0 Å². The van der Waals surface area contributed by atoms with Gasteiger partial charge in [0.2, 0.25) is 5.91 Å². The molecule has 0 radical (unpaired) electrons. The topological polar surface area (TPSA) is 29.1 Å². The Hall–Kier alpha value is -1.03. The van der Waals surface area contributed by atoms with Crippen molar-refractivity contribution in [1.29, 1.82) is 0 Å². The quantitative estimate of drug-likeness (QED) is 0.698. The van der Waals surface area contributed by atoms with Crippen LogP contribution < -0.4 is 5.32 Å². The number of rotatable bonds is 2. The lowest BCUT2D eigenvalue weighted by atomic mass is 9.97. The van der Waals surface area contributed by atoms with Crippen molar-refractivity contribution in [3.05, 3.63) is 62.6 Å². The second-order valence-electron chi connectivity index (χ2n) is 4.99. The van der Waals surface area contributed by atoms with E-state index < -0.39 is 0 Å². The maximum absolute atomic E-state index is 11.4. The maximum Gasteiger partial charge on any atom is 0.224 e. The minimum absolute atomic E-state index is 0.0635. The summed E-state index contributed by atoms with van der Waals surface area (Å²) in [5.41, 5.74) is 3.85.